The topological polar surface area (TPSA) is 108 Å². The molecule has 9 heteroatoms. The van der Waals surface area contributed by atoms with Gasteiger partial charge in [-0.2, -0.15) is 11.8 Å². The van der Waals surface area contributed by atoms with E-state index in [1.165, 1.54) is 14.2 Å². The summed E-state index contributed by atoms with van der Waals surface area (Å²) in [5.41, 5.74) is 2.91. The number of Topliss-reactive ketones (excluding diaryl/α,β-unsaturated/α-hetero) is 1. The Morgan fingerprint density at radius 1 is 1.09 bits per heavy atom. The quantitative estimate of drug-likeness (QED) is 0.248. The van der Waals surface area contributed by atoms with Crippen LogP contribution in [0.5, 0.6) is 0 Å². The molecule has 35 heavy (non-hydrogen) atoms. The Morgan fingerprint density at radius 3 is 2.37 bits per heavy atom. The number of dihydropyridines is 1. The lowest BCUT2D eigenvalue weighted by Gasteiger charge is -2.38. The van der Waals surface area contributed by atoms with Gasteiger partial charge in [-0.1, -0.05) is 26.0 Å². The first-order chi connectivity index (χ1) is 16.7. The predicted molar refractivity (Wildman–Crippen MR) is 132 cm³/mol. The third-order valence-corrected chi connectivity index (χ3v) is 7.16. The molecular weight excluding hydrogens is 470 g/mol. The smallest absolute Gasteiger partial charge is 0.337 e. The summed E-state index contributed by atoms with van der Waals surface area (Å²) in [4.78, 5) is 51.4. The second-order valence-corrected chi connectivity index (χ2v) is 9.88. The summed E-state index contributed by atoms with van der Waals surface area (Å²) in [7, 11) is 2.56. The highest BCUT2D eigenvalue weighted by Gasteiger charge is 2.47. The van der Waals surface area contributed by atoms with Crippen molar-refractivity contribution in [3.05, 3.63) is 57.9 Å². The molecule has 0 saturated heterocycles. The molecule has 0 spiro atoms. The lowest BCUT2D eigenvalue weighted by atomic mass is 9.69. The third kappa shape index (κ3) is 5.45. The standard InChI is InChI=1S/C26H31NO7S/c1-6-35-12-11-34-26(31)20-15(3)27-18-13-14(2)19(25(30)33-5)23(28)22(18)21(20)16-7-9-17(10-8-16)24(29)32-4/h7-10,14,19,21,27H,6,11-13H2,1-5H3/t14-,19+,21+/m1/s1. The number of nitrogens with one attached hydrogen (secondary N) is 1. The molecule has 0 unspecified atom stereocenters. The number of benzene rings is 1. The largest absolute Gasteiger partial charge is 0.468 e. The van der Waals surface area contributed by atoms with E-state index in [4.69, 9.17) is 14.2 Å². The molecule has 188 valence electrons. The highest BCUT2D eigenvalue weighted by Crippen LogP contribution is 2.45. The summed E-state index contributed by atoms with van der Waals surface area (Å²) in [5, 5.41) is 3.23. The number of carbonyl (C=O) groups is 4. The van der Waals surface area contributed by atoms with Crippen LogP contribution in [-0.4, -0.2) is 56.0 Å². The predicted octanol–water partition coefficient (Wildman–Crippen LogP) is 3.38. The molecule has 0 radical (unpaired) electrons. The molecule has 1 aliphatic heterocycles. The first kappa shape index (κ1) is 26.5. The van der Waals surface area contributed by atoms with Crippen molar-refractivity contribution in [1.82, 2.24) is 5.32 Å². The van der Waals surface area contributed by atoms with Gasteiger partial charge < -0.3 is 19.5 Å². The van der Waals surface area contributed by atoms with Gasteiger partial charge >= 0.3 is 17.9 Å². The molecule has 3 atom stereocenters. The maximum atomic E-state index is 13.7. The average Bonchev–Trinajstić information content (AvgIpc) is 2.85. The summed E-state index contributed by atoms with van der Waals surface area (Å²) in [6.07, 6.45) is 0.449. The first-order valence-electron chi connectivity index (χ1n) is 11.5. The molecule has 1 aliphatic carbocycles. The zero-order valence-corrected chi connectivity index (χ0v) is 21.5. The van der Waals surface area contributed by atoms with Crippen LogP contribution in [-0.2, 0) is 28.6 Å². The summed E-state index contributed by atoms with van der Waals surface area (Å²) in [6.45, 7) is 5.88. The number of rotatable bonds is 8. The van der Waals surface area contributed by atoms with Crippen LogP contribution in [0.4, 0.5) is 0 Å². The summed E-state index contributed by atoms with van der Waals surface area (Å²) in [6, 6.07) is 6.57. The Balaban J connectivity index is 2.08. The molecule has 0 aromatic heterocycles. The molecule has 2 aliphatic rings. The van der Waals surface area contributed by atoms with Gasteiger partial charge in [-0.15, -0.1) is 0 Å². The van der Waals surface area contributed by atoms with Crippen molar-refractivity contribution in [3.63, 3.8) is 0 Å². The van der Waals surface area contributed by atoms with Crippen molar-refractivity contribution in [2.45, 2.75) is 33.1 Å². The fourth-order valence-electron chi connectivity index (χ4n) is 4.63. The van der Waals surface area contributed by atoms with E-state index in [-0.39, 0.29) is 18.3 Å². The van der Waals surface area contributed by atoms with Crippen LogP contribution >= 0.6 is 11.8 Å². The normalized spacial score (nSPS) is 21.7. The monoisotopic (exact) mass is 501 g/mol. The number of esters is 3. The lowest BCUT2D eigenvalue weighted by molar-refractivity contribution is -0.151. The van der Waals surface area contributed by atoms with Crippen molar-refractivity contribution in [2.75, 3.05) is 32.3 Å². The molecule has 1 aromatic rings. The molecule has 0 fully saturated rings. The van der Waals surface area contributed by atoms with Crippen LogP contribution in [0.3, 0.4) is 0 Å². The number of hydrogen-bond donors (Lipinski definition) is 1. The number of thioether (sulfide) groups is 1. The van der Waals surface area contributed by atoms with Gasteiger partial charge in [0.2, 0.25) is 0 Å². The zero-order valence-electron chi connectivity index (χ0n) is 20.6. The minimum Gasteiger partial charge on any atom is -0.468 e. The fourth-order valence-corrected chi connectivity index (χ4v) is 5.12. The molecule has 0 bridgehead atoms. The highest BCUT2D eigenvalue weighted by atomic mass is 32.2. The minimum absolute atomic E-state index is 0.240. The number of ketones is 1. The number of hydrogen-bond acceptors (Lipinski definition) is 9. The van der Waals surface area contributed by atoms with E-state index < -0.39 is 29.7 Å². The summed E-state index contributed by atoms with van der Waals surface area (Å²) in [5.74, 6) is -2.40. The van der Waals surface area contributed by atoms with Gasteiger partial charge in [0, 0.05) is 28.6 Å². The Labute approximate surface area is 209 Å². The van der Waals surface area contributed by atoms with Crippen LogP contribution < -0.4 is 5.32 Å². The van der Waals surface area contributed by atoms with Gasteiger partial charge in [0.25, 0.3) is 0 Å². The average molecular weight is 502 g/mol. The molecule has 0 amide bonds. The maximum Gasteiger partial charge on any atom is 0.337 e. The molecule has 0 saturated carbocycles. The van der Waals surface area contributed by atoms with Crippen molar-refractivity contribution in [1.29, 1.82) is 0 Å². The number of ether oxygens (including phenoxy) is 3. The third-order valence-electron chi connectivity index (χ3n) is 6.29. The van der Waals surface area contributed by atoms with Crippen LogP contribution in [0, 0.1) is 11.8 Å². The van der Waals surface area contributed by atoms with Gasteiger partial charge in [-0.3, -0.25) is 9.59 Å². The molecule has 1 aromatic carbocycles. The minimum atomic E-state index is -0.964. The lowest BCUT2D eigenvalue weighted by Crippen LogP contribution is -2.43. The fraction of sp³-hybridized carbons (Fsp3) is 0.462. The van der Waals surface area contributed by atoms with Gasteiger partial charge in [-0.05, 0) is 42.7 Å². The van der Waals surface area contributed by atoms with Gasteiger partial charge in [0.15, 0.2) is 5.78 Å². The molecular formula is C26H31NO7S. The number of carbonyl (C=O) groups excluding carboxylic acids is 4. The van der Waals surface area contributed by atoms with Gasteiger partial charge in [0.05, 0.1) is 25.4 Å². The maximum absolute atomic E-state index is 13.7. The van der Waals surface area contributed by atoms with Crippen molar-refractivity contribution in [2.24, 2.45) is 11.8 Å². The van der Waals surface area contributed by atoms with Gasteiger partial charge in [0.1, 0.15) is 12.5 Å². The second kappa shape index (κ2) is 11.6. The van der Waals surface area contributed by atoms with E-state index >= 15 is 0 Å². The van der Waals surface area contributed by atoms with Crippen molar-refractivity contribution in [3.8, 4) is 0 Å². The van der Waals surface area contributed by atoms with E-state index in [1.54, 1.807) is 43.0 Å². The van der Waals surface area contributed by atoms with Crippen LogP contribution in [0.25, 0.3) is 0 Å². The second-order valence-electron chi connectivity index (χ2n) is 8.48. The Morgan fingerprint density at radius 2 is 1.77 bits per heavy atom. The summed E-state index contributed by atoms with van der Waals surface area (Å²) >= 11 is 1.66. The van der Waals surface area contributed by atoms with E-state index in [0.717, 1.165) is 5.75 Å². The Kier molecular flexibility index (Phi) is 8.77. The molecule has 8 nitrogen and oxygen atoms in total. The van der Waals surface area contributed by atoms with E-state index in [9.17, 15) is 19.2 Å². The van der Waals surface area contributed by atoms with E-state index in [1.807, 2.05) is 13.8 Å². The van der Waals surface area contributed by atoms with Crippen LogP contribution in [0.2, 0.25) is 0 Å². The van der Waals surface area contributed by atoms with Gasteiger partial charge in [-0.25, -0.2) is 9.59 Å². The number of methoxy groups -OCH3 is 2. The van der Waals surface area contributed by atoms with Crippen LogP contribution in [0.1, 0.15) is 49.0 Å². The molecule has 1 heterocycles. The molecule has 3 rings (SSSR count). The highest BCUT2D eigenvalue weighted by molar-refractivity contribution is 7.99. The first-order valence-corrected chi connectivity index (χ1v) is 12.7. The molecule has 1 N–H and O–H groups in total. The zero-order chi connectivity index (χ0) is 25.7. The Hall–Kier alpha value is -3.07. The van der Waals surface area contributed by atoms with Crippen LogP contribution in [0.15, 0.2) is 46.8 Å². The summed E-state index contributed by atoms with van der Waals surface area (Å²) < 4.78 is 15.3. The Bertz CT molecular complexity index is 1070. The van der Waals surface area contributed by atoms with Crippen molar-refractivity contribution >= 4 is 35.5 Å². The van der Waals surface area contributed by atoms with Crippen molar-refractivity contribution < 1.29 is 33.4 Å². The SMILES string of the molecule is CCSCCOC(=O)C1=C(C)NC2=C(C(=O)[C@@H](C(=O)OC)[C@H](C)C2)[C@H]1c1ccc(C(=O)OC)cc1. The van der Waals surface area contributed by atoms with E-state index in [2.05, 4.69) is 5.32 Å². The number of allylic oxidation sites excluding steroid dienone is 3. The van der Waals surface area contributed by atoms with E-state index in [0.29, 0.717) is 45.8 Å².